The highest BCUT2D eigenvalue weighted by Gasteiger charge is 2.10. The smallest absolute Gasteiger partial charge is 0.163 e. The summed E-state index contributed by atoms with van der Waals surface area (Å²) in [4.78, 5) is 13.6. The van der Waals surface area contributed by atoms with E-state index in [2.05, 4.69) is 46.0 Å². The van der Waals surface area contributed by atoms with Crippen molar-refractivity contribution in [1.29, 1.82) is 0 Å². The summed E-state index contributed by atoms with van der Waals surface area (Å²) in [7, 11) is 2.07. The Hall–Kier alpha value is -3.21. The minimum Gasteiger partial charge on any atom is -0.364 e. The SMILES string of the molecule is Cc1ccc(CNc2nc(-c3cccnc3)nc3ccccc23)n1C. The first-order valence-corrected chi connectivity index (χ1v) is 8.24. The summed E-state index contributed by atoms with van der Waals surface area (Å²) < 4.78 is 2.18. The van der Waals surface area contributed by atoms with Crippen LogP contribution < -0.4 is 5.32 Å². The molecule has 1 aromatic carbocycles. The van der Waals surface area contributed by atoms with Crippen molar-refractivity contribution in [2.24, 2.45) is 7.05 Å². The highest BCUT2D eigenvalue weighted by Crippen LogP contribution is 2.25. The molecule has 0 aliphatic rings. The van der Waals surface area contributed by atoms with Crippen LogP contribution in [0.1, 0.15) is 11.4 Å². The lowest BCUT2D eigenvalue weighted by molar-refractivity contribution is 0.811. The molecule has 0 spiro atoms. The average molecular weight is 329 g/mol. The molecule has 25 heavy (non-hydrogen) atoms. The highest BCUT2D eigenvalue weighted by atomic mass is 15.1. The van der Waals surface area contributed by atoms with Gasteiger partial charge in [-0.05, 0) is 43.3 Å². The largest absolute Gasteiger partial charge is 0.364 e. The van der Waals surface area contributed by atoms with Crippen LogP contribution in [0.25, 0.3) is 22.3 Å². The van der Waals surface area contributed by atoms with Gasteiger partial charge in [0, 0.05) is 41.8 Å². The molecule has 124 valence electrons. The Balaban J connectivity index is 1.75. The maximum Gasteiger partial charge on any atom is 0.163 e. The molecule has 0 amide bonds. The number of hydrogen-bond acceptors (Lipinski definition) is 4. The van der Waals surface area contributed by atoms with Crippen LogP contribution in [0.4, 0.5) is 5.82 Å². The third kappa shape index (κ3) is 2.96. The Bertz CT molecular complexity index is 1020. The van der Waals surface area contributed by atoms with Crippen molar-refractivity contribution in [2.75, 3.05) is 5.32 Å². The fraction of sp³-hybridized carbons (Fsp3) is 0.150. The summed E-state index contributed by atoms with van der Waals surface area (Å²) in [5, 5.41) is 4.49. The number of anilines is 1. The van der Waals surface area contributed by atoms with E-state index in [4.69, 9.17) is 4.98 Å². The van der Waals surface area contributed by atoms with E-state index in [1.807, 2.05) is 36.4 Å². The molecule has 0 aliphatic heterocycles. The maximum atomic E-state index is 4.75. The van der Waals surface area contributed by atoms with E-state index >= 15 is 0 Å². The van der Waals surface area contributed by atoms with Gasteiger partial charge < -0.3 is 9.88 Å². The molecule has 5 nitrogen and oxygen atoms in total. The number of para-hydroxylation sites is 1. The monoisotopic (exact) mass is 329 g/mol. The maximum absolute atomic E-state index is 4.75. The number of aromatic nitrogens is 4. The van der Waals surface area contributed by atoms with Crippen LogP contribution in [0.5, 0.6) is 0 Å². The average Bonchev–Trinajstić information content (AvgIpc) is 2.98. The predicted octanol–water partition coefficient (Wildman–Crippen LogP) is 3.95. The predicted molar refractivity (Wildman–Crippen MR) is 100 cm³/mol. The van der Waals surface area contributed by atoms with Gasteiger partial charge in [-0.25, -0.2) is 9.97 Å². The van der Waals surface area contributed by atoms with E-state index < -0.39 is 0 Å². The molecule has 0 aliphatic carbocycles. The highest BCUT2D eigenvalue weighted by molar-refractivity contribution is 5.90. The van der Waals surface area contributed by atoms with Crippen LogP contribution in [0.3, 0.4) is 0 Å². The summed E-state index contributed by atoms with van der Waals surface area (Å²) >= 11 is 0. The number of aryl methyl sites for hydroxylation is 1. The molecule has 0 saturated heterocycles. The zero-order valence-electron chi connectivity index (χ0n) is 14.3. The van der Waals surface area contributed by atoms with E-state index in [9.17, 15) is 0 Å². The molecule has 1 N–H and O–H groups in total. The summed E-state index contributed by atoms with van der Waals surface area (Å²) in [5.74, 6) is 1.51. The van der Waals surface area contributed by atoms with Crippen molar-refractivity contribution in [3.63, 3.8) is 0 Å². The lowest BCUT2D eigenvalue weighted by Crippen LogP contribution is -2.08. The van der Waals surface area contributed by atoms with Gasteiger partial charge in [0.2, 0.25) is 0 Å². The van der Waals surface area contributed by atoms with Crippen LogP contribution in [-0.4, -0.2) is 19.5 Å². The normalized spacial score (nSPS) is 11.0. The van der Waals surface area contributed by atoms with E-state index in [1.165, 1.54) is 11.4 Å². The van der Waals surface area contributed by atoms with Crippen LogP contribution in [0.2, 0.25) is 0 Å². The summed E-state index contributed by atoms with van der Waals surface area (Å²) in [6.45, 7) is 2.81. The molecule has 0 unspecified atom stereocenters. The molecule has 0 bridgehead atoms. The standard InChI is InChI=1S/C20H19N5/c1-14-9-10-16(25(14)2)13-22-20-17-7-3-4-8-18(17)23-19(24-20)15-6-5-11-21-12-15/h3-12H,13H2,1-2H3,(H,22,23,24). The topological polar surface area (TPSA) is 55.6 Å². The summed E-state index contributed by atoms with van der Waals surface area (Å²) in [6.07, 6.45) is 3.54. The second kappa shape index (κ2) is 6.36. The summed E-state index contributed by atoms with van der Waals surface area (Å²) in [5.41, 5.74) is 4.27. The number of hydrogen-bond donors (Lipinski definition) is 1. The van der Waals surface area contributed by atoms with Crippen LogP contribution in [0, 0.1) is 6.92 Å². The van der Waals surface area contributed by atoms with Gasteiger partial charge in [0.05, 0.1) is 12.1 Å². The molecule has 3 heterocycles. The van der Waals surface area contributed by atoms with Gasteiger partial charge in [0.15, 0.2) is 5.82 Å². The van der Waals surface area contributed by atoms with E-state index in [0.29, 0.717) is 12.4 Å². The minimum atomic E-state index is 0.678. The van der Waals surface area contributed by atoms with E-state index in [-0.39, 0.29) is 0 Å². The zero-order valence-corrected chi connectivity index (χ0v) is 14.3. The number of nitrogens with zero attached hydrogens (tertiary/aromatic N) is 4. The lowest BCUT2D eigenvalue weighted by Gasteiger charge is -2.12. The second-order valence-electron chi connectivity index (χ2n) is 6.03. The number of pyridine rings is 1. The number of rotatable bonds is 4. The fourth-order valence-corrected chi connectivity index (χ4v) is 2.85. The van der Waals surface area contributed by atoms with Gasteiger partial charge in [-0.1, -0.05) is 12.1 Å². The van der Waals surface area contributed by atoms with Gasteiger partial charge >= 0.3 is 0 Å². The summed E-state index contributed by atoms with van der Waals surface area (Å²) in [6, 6.07) is 16.2. The molecular formula is C20H19N5. The first-order valence-electron chi connectivity index (χ1n) is 8.24. The Morgan fingerprint density at radius 1 is 1.00 bits per heavy atom. The van der Waals surface area contributed by atoms with E-state index in [1.54, 1.807) is 12.4 Å². The van der Waals surface area contributed by atoms with Crippen molar-refractivity contribution in [2.45, 2.75) is 13.5 Å². The fourth-order valence-electron chi connectivity index (χ4n) is 2.85. The van der Waals surface area contributed by atoms with Gasteiger partial charge in [-0.3, -0.25) is 4.98 Å². The number of fused-ring (bicyclic) bond motifs is 1. The van der Waals surface area contributed by atoms with Crippen molar-refractivity contribution in [1.82, 2.24) is 19.5 Å². The third-order valence-electron chi connectivity index (χ3n) is 4.44. The molecule has 0 fully saturated rings. The Labute approximate surface area is 146 Å². The molecule has 4 aromatic rings. The van der Waals surface area contributed by atoms with Gasteiger partial charge in [-0.2, -0.15) is 0 Å². The first-order chi connectivity index (χ1) is 12.2. The quantitative estimate of drug-likeness (QED) is 0.616. The third-order valence-corrected chi connectivity index (χ3v) is 4.44. The molecule has 0 atom stereocenters. The van der Waals surface area contributed by atoms with Gasteiger partial charge in [0.25, 0.3) is 0 Å². The molecule has 0 saturated carbocycles. The molecule has 4 rings (SSSR count). The van der Waals surface area contributed by atoms with Gasteiger partial charge in [-0.15, -0.1) is 0 Å². The van der Waals surface area contributed by atoms with Crippen molar-refractivity contribution < 1.29 is 0 Å². The Morgan fingerprint density at radius 3 is 2.64 bits per heavy atom. The van der Waals surface area contributed by atoms with E-state index in [0.717, 1.165) is 22.3 Å². The van der Waals surface area contributed by atoms with Crippen LogP contribution in [0.15, 0.2) is 60.9 Å². The number of benzene rings is 1. The van der Waals surface area contributed by atoms with Crippen molar-refractivity contribution in [3.8, 4) is 11.4 Å². The van der Waals surface area contributed by atoms with Crippen molar-refractivity contribution in [3.05, 3.63) is 72.3 Å². The van der Waals surface area contributed by atoms with Gasteiger partial charge in [0.1, 0.15) is 5.82 Å². The van der Waals surface area contributed by atoms with Crippen molar-refractivity contribution >= 4 is 16.7 Å². The second-order valence-corrected chi connectivity index (χ2v) is 6.03. The number of nitrogens with one attached hydrogen (secondary N) is 1. The lowest BCUT2D eigenvalue weighted by atomic mass is 10.2. The molecular weight excluding hydrogens is 310 g/mol. The van der Waals surface area contributed by atoms with Crippen LogP contribution in [-0.2, 0) is 13.6 Å². The Morgan fingerprint density at radius 2 is 1.88 bits per heavy atom. The molecule has 3 aromatic heterocycles. The Kier molecular flexibility index (Phi) is 3.90. The van der Waals surface area contributed by atoms with Crippen LogP contribution >= 0.6 is 0 Å². The molecule has 0 radical (unpaired) electrons. The first kappa shape index (κ1) is 15.3. The minimum absolute atomic E-state index is 0.678. The molecule has 5 heteroatoms. The zero-order chi connectivity index (χ0) is 17.2.